The highest BCUT2D eigenvalue weighted by molar-refractivity contribution is 7.16. The van der Waals surface area contributed by atoms with E-state index in [0.29, 0.717) is 10.6 Å². The number of nitrogens with zero attached hydrogens (tertiary/aromatic N) is 2. The Balaban J connectivity index is 2.48. The summed E-state index contributed by atoms with van der Waals surface area (Å²) in [5, 5.41) is 9.56. The Morgan fingerprint density at radius 2 is 2.38 bits per heavy atom. The Bertz CT molecular complexity index is 379. The van der Waals surface area contributed by atoms with Crippen LogP contribution in [0.25, 0.3) is 0 Å². The standard InChI is InChI=1S/C8H10N3PS/c9-3-6-5-1-2-11(12)4-7(5)13-8(6)10/h1-2,4,10,12H2. The zero-order valence-corrected chi connectivity index (χ0v) is 9.05. The molecule has 5 heteroatoms. The Labute approximate surface area is 83.4 Å². The van der Waals surface area contributed by atoms with Crippen molar-refractivity contribution in [3.05, 3.63) is 16.0 Å². The van der Waals surface area contributed by atoms with E-state index in [4.69, 9.17) is 11.0 Å². The number of fused-ring (bicyclic) bond motifs is 1. The molecule has 0 aliphatic carbocycles. The molecule has 68 valence electrons. The van der Waals surface area contributed by atoms with Crippen LogP contribution >= 0.6 is 20.7 Å². The Morgan fingerprint density at radius 3 is 3.08 bits per heavy atom. The first-order chi connectivity index (χ1) is 6.22. The molecule has 0 bridgehead atoms. The topological polar surface area (TPSA) is 53.1 Å². The summed E-state index contributed by atoms with van der Waals surface area (Å²) in [4.78, 5) is 1.25. The highest BCUT2D eigenvalue weighted by atomic mass is 32.1. The van der Waals surface area contributed by atoms with Gasteiger partial charge in [-0.15, -0.1) is 11.3 Å². The molecule has 0 aromatic carbocycles. The second-order valence-corrected chi connectivity index (χ2v) is 4.94. The zero-order valence-electron chi connectivity index (χ0n) is 7.08. The first-order valence-corrected chi connectivity index (χ1v) is 5.35. The molecule has 1 aliphatic heterocycles. The molecule has 1 unspecified atom stereocenters. The lowest BCUT2D eigenvalue weighted by Gasteiger charge is -2.21. The molecule has 0 fully saturated rings. The summed E-state index contributed by atoms with van der Waals surface area (Å²) in [5.74, 6) is 0. The van der Waals surface area contributed by atoms with Gasteiger partial charge < -0.3 is 5.73 Å². The molecule has 1 aliphatic rings. The number of nitriles is 1. The molecule has 0 radical (unpaired) electrons. The second kappa shape index (κ2) is 3.26. The molecule has 3 nitrogen and oxygen atoms in total. The van der Waals surface area contributed by atoms with Crippen LogP contribution in [0.5, 0.6) is 0 Å². The van der Waals surface area contributed by atoms with Crippen molar-refractivity contribution in [2.75, 3.05) is 12.3 Å². The molecular weight excluding hydrogens is 201 g/mol. The van der Waals surface area contributed by atoms with E-state index >= 15 is 0 Å². The number of nitrogen functional groups attached to an aromatic ring is 1. The van der Waals surface area contributed by atoms with Gasteiger partial charge in [-0.1, -0.05) is 9.39 Å². The number of hydrogen-bond acceptors (Lipinski definition) is 4. The van der Waals surface area contributed by atoms with Crippen molar-refractivity contribution < 1.29 is 0 Å². The van der Waals surface area contributed by atoms with Crippen molar-refractivity contribution in [3.63, 3.8) is 0 Å². The Kier molecular flexibility index (Phi) is 2.25. The summed E-state index contributed by atoms with van der Waals surface area (Å²) in [6.07, 6.45) is 0.940. The quantitative estimate of drug-likeness (QED) is 0.659. The van der Waals surface area contributed by atoms with Gasteiger partial charge in [-0.3, -0.25) is 4.67 Å². The summed E-state index contributed by atoms with van der Waals surface area (Å²) < 4.78 is 2.17. The zero-order chi connectivity index (χ0) is 9.42. The highest BCUT2D eigenvalue weighted by Gasteiger charge is 2.21. The first kappa shape index (κ1) is 8.96. The van der Waals surface area contributed by atoms with Crippen molar-refractivity contribution in [2.24, 2.45) is 0 Å². The van der Waals surface area contributed by atoms with E-state index in [1.54, 1.807) is 11.3 Å². The highest BCUT2D eigenvalue weighted by Crippen LogP contribution is 2.35. The predicted molar refractivity (Wildman–Crippen MR) is 57.3 cm³/mol. The molecule has 0 saturated carbocycles. The number of hydrogen-bond donors (Lipinski definition) is 1. The SMILES string of the molecule is N#Cc1c(N)sc2c1CCN(P)C2. The summed E-state index contributed by atoms with van der Waals surface area (Å²) >= 11 is 1.55. The predicted octanol–water partition coefficient (Wildman–Crippen LogP) is 1.35. The summed E-state index contributed by atoms with van der Waals surface area (Å²) in [6.45, 7) is 1.89. The van der Waals surface area contributed by atoms with Gasteiger partial charge >= 0.3 is 0 Å². The lowest BCUT2D eigenvalue weighted by atomic mass is 10.1. The Hall–Kier alpha value is -0.620. The summed E-state index contributed by atoms with van der Waals surface area (Å²) in [6, 6.07) is 2.18. The van der Waals surface area contributed by atoms with Gasteiger partial charge in [0.25, 0.3) is 0 Å². The fraction of sp³-hybridized carbons (Fsp3) is 0.375. The fourth-order valence-electron chi connectivity index (χ4n) is 1.57. The molecule has 2 rings (SSSR count). The van der Waals surface area contributed by atoms with Crippen LogP contribution in [0.15, 0.2) is 0 Å². The number of nitrogens with two attached hydrogens (primary N) is 1. The van der Waals surface area contributed by atoms with E-state index in [1.807, 2.05) is 0 Å². The van der Waals surface area contributed by atoms with Crippen molar-refractivity contribution in [1.29, 1.82) is 5.26 Å². The molecule has 0 amide bonds. The smallest absolute Gasteiger partial charge is 0.104 e. The van der Waals surface area contributed by atoms with Crippen molar-refractivity contribution in [3.8, 4) is 6.07 Å². The molecule has 2 N–H and O–H groups in total. The van der Waals surface area contributed by atoms with E-state index in [0.717, 1.165) is 19.5 Å². The number of thiophene rings is 1. The first-order valence-electron chi connectivity index (χ1n) is 4.02. The number of rotatable bonds is 0. The minimum atomic E-state index is 0.674. The van der Waals surface area contributed by atoms with Gasteiger partial charge in [0.15, 0.2) is 0 Å². The van der Waals surface area contributed by atoms with Crippen molar-refractivity contribution in [2.45, 2.75) is 13.0 Å². The molecule has 0 spiro atoms. The third-order valence-corrected chi connectivity index (χ3v) is 3.71. The maximum absolute atomic E-state index is 8.89. The summed E-state index contributed by atoms with van der Waals surface area (Å²) in [5.41, 5.74) is 7.62. The number of anilines is 1. The molecule has 1 atom stereocenters. The van der Waals surface area contributed by atoms with Gasteiger partial charge in [-0.25, -0.2) is 0 Å². The van der Waals surface area contributed by atoms with Gasteiger partial charge in [-0.2, -0.15) is 5.26 Å². The normalized spacial score (nSPS) is 16.6. The third kappa shape index (κ3) is 1.44. The Morgan fingerprint density at radius 1 is 1.62 bits per heavy atom. The van der Waals surface area contributed by atoms with Crippen molar-refractivity contribution >= 4 is 25.7 Å². The van der Waals surface area contributed by atoms with Crippen LogP contribution < -0.4 is 5.73 Å². The van der Waals surface area contributed by atoms with E-state index < -0.39 is 0 Å². The maximum Gasteiger partial charge on any atom is 0.104 e. The van der Waals surface area contributed by atoms with E-state index in [1.165, 1.54) is 10.4 Å². The minimum Gasteiger partial charge on any atom is -0.389 e. The van der Waals surface area contributed by atoms with Gasteiger partial charge in [0.05, 0.1) is 5.56 Å². The maximum atomic E-state index is 8.89. The molecule has 0 saturated heterocycles. The monoisotopic (exact) mass is 211 g/mol. The van der Waals surface area contributed by atoms with Crippen LogP contribution in [0.2, 0.25) is 0 Å². The van der Waals surface area contributed by atoms with Gasteiger partial charge in [0.1, 0.15) is 11.1 Å². The average molecular weight is 211 g/mol. The van der Waals surface area contributed by atoms with Gasteiger partial charge in [0.2, 0.25) is 0 Å². The van der Waals surface area contributed by atoms with Crippen LogP contribution in [0.3, 0.4) is 0 Å². The molecular formula is C8H10N3PS. The van der Waals surface area contributed by atoms with Gasteiger partial charge in [0, 0.05) is 18.0 Å². The van der Waals surface area contributed by atoms with Crippen molar-refractivity contribution in [1.82, 2.24) is 4.67 Å². The lowest BCUT2D eigenvalue weighted by Crippen LogP contribution is -2.20. The average Bonchev–Trinajstić information content (AvgIpc) is 2.39. The second-order valence-electron chi connectivity index (χ2n) is 3.08. The van der Waals surface area contributed by atoms with Crippen LogP contribution in [0.4, 0.5) is 5.00 Å². The largest absolute Gasteiger partial charge is 0.389 e. The molecule has 1 aromatic heterocycles. The summed E-state index contributed by atoms with van der Waals surface area (Å²) in [7, 11) is 2.68. The van der Waals surface area contributed by atoms with E-state index in [9.17, 15) is 0 Å². The lowest BCUT2D eigenvalue weighted by molar-refractivity contribution is 0.449. The van der Waals surface area contributed by atoms with Crippen LogP contribution in [-0.2, 0) is 13.0 Å². The molecule has 13 heavy (non-hydrogen) atoms. The molecule has 2 heterocycles. The minimum absolute atomic E-state index is 0.674. The van der Waals surface area contributed by atoms with Crippen LogP contribution in [0.1, 0.15) is 16.0 Å². The van der Waals surface area contributed by atoms with Crippen LogP contribution in [-0.4, -0.2) is 11.2 Å². The molecule has 1 aromatic rings. The van der Waals surface area contributed by atoms with E-state index in [-0.39, 0.29) is 0 Å². The van der Waals surface area contributed by atoms with E-state index in [2.05, 4.69) is 20.1 Å². The van der Waals surface area contributed by atoms with Crippen LogP contribution in [0, 0.1) is 11.3 Å². The third-order valence-electron chi connectivity index (χ3n) is 2.23. The van der Waals surface area contributed by atoms with Gasteiger partial charge in [-0.05, 0) is 12.0 Å². The fourth-order valence-corrected chi connectivity index (χ4v) is 3.11.